The van der Waals surface area contributed by atoms with Crippen LogP contribution < -0.4 is 0 Å². The van der Waals surface area contributed by atoms with Crippen LogP contribution in [0.2, 0.25) is 0 Å². The van der Waals surface area contributed by atoms with E-state index < -0.39 is 10.8 Å². The summed E-state index contributed by atoms with van der Waals surface area (Å²) in [6.45, 7) is 3.33. The molecule has 0 amide bonds. The van der Waals surface area contributed by atoms with Crippen LogP contribution >= 0.6 is 11.3 Å². The predicted octanol–water partition coefficient (Wildman–Crippen LogP) is 3.99. The first kappa shape index (κ1) is 18.0. The van der Waals surface area contributed by atoms with Gasteiger partial charge in [-0.1, -0.05) is 0 Å². The van der Waals surface area contributed by atoms with Crippen LogP contribution in [0.4, 0.5) is 0 Å². The molecular formula is C19H21NO3S2. The van der Waals surface area contributed by atoms with Gasteiger partial charge in [-0.25, -0.2) is 4.99 Å². The van der Waals surface area contributed by atoms with Crippen LogP contribution in [0.3, 0.4) is 0 Å². The van der Waals surface area contributed by atoms with E-state index >= 15 is 0 Å². The SMILES string of the molecule is Cc1ccc(C(=O)CCCCS(=O)c2ccc(C3=NCCO3)cc2)s1. The van der Waals surface area contributed by atoms with E-state index in [-0.39, 0.29) is 5.78 Å². The van der Waals surface area contributed by atoms with Gasteiger partial charge < -0.3 is 4.74 Å². The Hall–Kier alpha value is -1.79. The fraction of sp³-hybridized carbons (Fsp3) is 0.368. The Balaban J connectivity index is 1.44. The first-order valence-electron chi connectivity index (χ1n) is 8.39. The van der Waals surface area contributed by atoms with Crippen LogP contribution in [0.25, 0.3) is 0 Å². The molecule has 6 heteroatoms. The maximum absolute atomic E-state index is 12.4. The van der Waals surface area contributed by atoms with Gasteiger partial charge in [0, 0.05) is 27.5 Å². The van der Waals surface area contributed by atoms with Gasteiger partial charge in [0.15, 0.2) is 5.78 Å². The van der Waals surface area contributed by atoms with Gasteiger partial charge in [-0.05, 0) is 56.2 Å². The summed E-state index contributed by atoms with van der Waals surface area (Å²) in [5.41, 5.74) is 0.926. The van der Waals surface area contributed by atoms with E-state index in [0.29, 0.717) is 31.2 Å². The second-order valence-corrected chi connectivity index (χ2v) is 8.76. The van der Waals surface area contributed by atoms with Crippen molar-refractivity contribution in [3.8, 4) is 0 Å². The molecule has 0 aliphatic carbocycles. The average molecular weight is 376 g/mol. The zero-order chi connectivity index (χ0) is 17.6. The van der Waals surface area contributed by atoms with Crippen LogP contribution in [-0.4, -0.2) is 34.8 Å². The number of aryl methyl sites for hydroxylation is 1. The van der Waals surface area contributed by atoms with Crippen molar-refractivity contribution in [1.82, 2.24) is 0 Å². The summed E-state index contributed by atoms with van der Waals surface area (Å²) in [7, 11) is -1.04. The highest BCUT2D eigenvalue weighted by atomic mass is 32.2. The summed E-state index contributed by atoms with van der Waals surface area (Å²) in [5.74, 6) is 1.43. The number of hydrogen-bond donors (Lipinski definition) is 0. The highest BCUT2D eigenvalue weighted by Crippen LogP contribution is 2.18. The summed E-state index contributed by atoms with van der Waals surface area (Å²) in [4.78, 5) is 19.1. The van der Waals surface area contributed by atoms with E-state index in [9.17, 15) is 9.00 Å². The van der Waals surface area contributed by atoms with E-state index in [1.165, 1.54) is 11.3 Å². The van der Waals surface area contributed by atoms with Crippen molar-refractivity contribution in [2.45, 2.75) is 31.1 Å². The molecule has 1 atom stereocenters. The Labute approximate surface area is 154 Å². The molecule has 3 rings (SSSR count). The van der Waals surface area contributed by atoms with Gasteiger partial charge in [-0.2, -0.15) is 0 Å². The minimum atomic E-state index is -1.04. The zero-order valence-corrected chi connectivity index (χ0v) is 15.8. The van der Waals surface area contributed by atoms with Crippen molar-refractivity contribution < 1.29 is 13.7 Å². The van der Waals surface area contributed by atoms with Crippen LogP contribution in [0.1, 0.15) is 39.4 Å². The second kappa shape index (κ2) is 8.54. The Morgan fingerprint density at radius 2 is 2.00 bits per heavy atom. The summed E-state index contributed by atoms with van der Waals surface area (Å²) < 4.78 is 17.8. The standard InChI is InChI=1S/C19H21NO3S2/c1-14-5-10-18(24-14)17(21)4-2-3-13-25(22)16-8-6-15(7-9-16)19-20-11-12-23-19/h5-10H,2-4,11-13H2,1H3. The number of nitrogens with zero attached hydrogens (tertiary/aromatic N) is 1. The van der Waals surface area contributed by atoms with E-state index in [2.05, 4.69) is 4.99 Å². The molecule has 1 aromatic heterocycles. The normalized spacial score (nSPS) is 14.8. The average Bonchev–Trinajstić information content (AvgIpc) is 3.30. The molecule has 0 spiro atoms. The lowest BCUT2D eigenvalue weighted by Crippen LogP contribution is -2.03. The van der Waals surface area contributed by atoms with Gasteiger partial charge >= 0.3 is 0 Å². The second-order valence-electron chi connectivity index (χ2n) is 5.90. The topological polar surface area (TPSA) is 55.7 Å². The lowest BCUT2D eigenvalue weighted by atomic mass is 10.1. The molecule has 1 aliphatic rings. The Morgan fingerprint density at radius 3 is 2.64 bits per heavy atom. The smallest absolute Gasteiger partial charge is 0.216 e. The molecule has 132 valence electrons. The number of unbranched alkanes of at least 4 members (excludes halogenated alkanes) is 1. The molecule has 2 heterocycles. The number of ether oxygens (including phenoxy) is 1. The molecule has 0 saturated carbocycles. The van der Waals surface area contributed by atoms with E-state index in [4.69, 9.17) is 4.74 Å². The molecule has 25 heavy (non-hydrogen) atoms. The summed E-state index contributed by atoms with van der Waals surface area (Å²) in [5, 5.41) is 0. The molecule has 2 aromatic rings. The third kappa shape index (κ3) is 4.86. The number of thiophene rings is 1. The van der Waals surface area contributed by atoms with E-state index in [1.54, 1.807) is 0 Å². The Kier molecular flexibility index (Phi) is 6.15. The summed E-state index contributed by atoms with van der Waals surface area (Å²) in [6, 6.07) is 11.4. The van der Waals surface area contributed by atoms with E-state index in [0.717, 1.165) is 33.1 Å². The van der Waals surface area contributed by atoms with Crippen molar-refractivity contribution in [3.05, 3.63) is 51.7 Å². The van der Waals surface area contributed by atoms with Gasteiger partial charge in [0.1, 0.15) is 6.61 Å². The quantitative estimate of drug-likeness (QED) is 0.518. The van der Waals surface area contributed by atoms with Crippen molar-refractivity contribution in [1.29, 1.82) is 0 Å². The van der Waals surface area contributed by atoms with Gasteiger partial charge in [0.25, 0.3) is 0 Å². The third-order valence-electron chi connectivity index (χ3n) is 3.95. The molecule has 0 saturated heterocycles. The largest absolute Gasteiger partial charge is 0.476 e. The molecule has 1 unspecified atom stereocenters. The Morgan fingerprint density at radius 1 is 1.20 bits per heavy atom. The molecule has 0 N–H and O–H groups in total. The molecule has 0 fully saturated rings. The minimum Gasteiger partial charge on any atom is -0.476 e. The lowest BCUT2D eigenvalue weighted by molar-refractivity contribution is 0.0984. The number of carbonyl (C=O) groups is 1. The van der Waals surface area contributed by atoms with Crippen molar-refractivity contribution in [3.63, 3.8) is 0 Å². The fourth-order valence-corrected chi connectivity index (χ4v) is 4.58. The number of hydrogen-bond acceptors (Lipinski definition) is 5. The number of aliphatic imine (C=N–C) groups is 1. The highest BCUT2D eigenvalue weighted by Gasteiger charge is 2.12. The zero-order valence-electron chi connectivity index (χ0n) is 14.2. The minimum absolute atomic E-state index is 0.186. The molecule has 4 nitrogen and oxygen atoms in total. The van der Waals surface area contributed by atoms with Crippen LogP contribution in [0, 0.1) is 6.92 Å². The van der Waals surface area contributed by atoms with Crippen molar-refractivity contribution >= 4 is 33.8 Å². The molecule has 1 aliphatic heterocycles. The number of Topliss-reactive ketones (excluding diaryl/α,β-unsaturated/α-hetero) is 1. The van der Waals surface area contributed by atoms with Gasteiger partial charge in [-0.3, -0.25) is 9.00 Å². The van der Waals surface area contributed by atoms with Crippen molar-refractivity contribution in [2.24, 2.45) is 4.99 Å². The monoisotopic (exact) mass is 375 g/mol. The van der Waals surface area contributed by atoms with Crippen LogP contribution in [0.5, 0.6) is 0 Å². The van der Waals surface area contributed by atoms with E-state index in [1.807, 2.05) is 43.3 Å². The van der Waals surface area contributed by atoms with Crippen molar-refractivity contribution in [2.75, 3.05) is 18.9 Å². The number of ketones is 1. The number of carbonyl (C=O) groups excluding carboxylic acids is 1. The predicted molar refractivity (Wildman–Crippen MR) is 102 cm³/mol. The fourth-order valence-electron chi connectivity index (χ4n) is 2.60. The number of benzene rings is 1. The highest BCUT2D eigenvalue weighted by molar-refractivity contribution is 7.85. The summed E-state index contributed by atoms with van der Waals surface area (Å²) in [6.07, 6.45) is 2.07. The first-order valence-corrected chi connectivity index (χ1v) is 10.5. The van der Waals surface area contributed by atoms with Crippen LogP contribution in [-0.2, 0) is 15.5 Å². The molecular weight excluding hydrogens is 354 g/mol. The molecule has 1 aromatic carbocycles. The number of rotatable bonds is 8. The lowest BCUT2D eigenvalue weighted by Gasteiger charge is -2.05. The van der Waals surface area contributed by atoms with Gasteiger partial charge in [-0.15, -0.1) is 11.3 Å². The maximum Gasteiger partial charge on any atom is 0.216 e. The Bertz CT molecular complexity index is 793. The third-order valence-corrected chi connectivity index (χ3v) is 6.45. The van der Waals surface area contributed by atoms with Crippen LogP contribution in [0.15, 0.2) is 46.3 Å². The van der Waals surface area contributed by atoms with Gasteiger partial charge in [0.2, 0.25) is 5.90 Å². The summed E-state index contributed by atoms with van der Waals surface area (Å²) >= 11 is 1.54. The molecule has 0 bridgehead atoms. The maximum atomic E-state index is 12.4. The first-order chi connectivity index (χ1) is 12.1. The van der Waals surface area contributed by atoms with Gasteiger partial charge in [0.05, 0.1) is 22.2 Å². The molecule has 0 radical (unpaired) electrons.